The molecule has 0 radical (unpaired) electrons. The summed E-state index contributed by atoms with van der Waals surface area (Å²) in [5, 5.41) is 12.1. The highest BCUT2D eigenvalue weighted by Crippen LogP contribution is 2.31. The molecule has 0 aliphatic carbocycles. The third kappa shape index (κ3) is 3.09. The van der Waals surface area contributed by atoms with Crippen molar-refractivity contribution in [3.63, 3.8) is 0 Å². The van der Waals surface area contributed by atoms with E-state index in [1.165, 1.54) is 11.3 Å². The van der Waals surface area contributed by atoms with E-state index >= 15 is 0 Å². The van der Waals surface area contributed by atoms with Gasteiger partial charge in [0.05, 0.1) is 24.2 Å². The zero-order chi connectivity index (χ0) is 18.1. The predicted octanol–water partition coefficient (Wildman–Crippen LogP) is 5.03. The summed E-state index contributed by atoms with van der Waals surface area (Å²) in [6, 6.07) is 15.4. The van der Waals surface area contributed by atoms with Crippen LogP contribution in [0.3, 0.4) is 0 Å². The van der Waals surface area contributed by atoms with Crippen LogP contribution >= 0.6 is 22.9 Å². The van der Waals surface area contributed by atoms with E-state index in [9.17, 15) is 0 Å². The standard InChI is InChI=1S/C19H15ClN4OS/c1-12-18(22-23-24(12)15-7-4-8-16(10-15)25-2)19-21-17(11-26-19)13-5-3-6-14(20)9-13/h3-11H,1-2H3. The number of rotatable bonds is 4. The van der Waals surface area contributed by atoms with Crippen molar-refractivity contribution in [2.24, 2.45) is 0 Å². The molecule has 7 heteroatoms. The molecule has 0 saturated heterocycles. The molecule has 5 nitrogen and oxygen atoms in total. The third-order valence-corrected chi connectivity index (χ3v) is 5.10. The fourth-order valence-corrected chi connectivity index (χ4v) is 3.73. The summed E-state index contributed by atoms with van der Waals surface area (Å²) in [5.74, 6) is 0.774. The Balaban J connectivity index is 1.71. The van der Waals surface area contributed by atoms with Gasteiger partial charge in [0.25, 0.3) is 0 Å². The van der Waals surface area contributed by atoms with Crippen LogP contribution < -0.4 is 4.74 Å². The van der Waals surface area contributed by atoms with Crippen LogP contribution in [-0.2, 0) is 0 Å². The van der Waals surface area contributed by atoms with Crippen molar-refractivity contribution in [1.82, 2.24) is 20.0 Å². The molecule has 4 aromatic rings. The summed E-state index contributed by atoms with van der Waals surface area (Å²) in [5.41, 5.74) is 4.45. The average Bonchev–Trinajstić information content (AvgIpc) is 3.28. The molecule has 0 amide bonds. The molecule has 4 rings (SSSR count). The molecule has 0 N–H and O–H groups in total. The molecule has 2 heterocycles. The van der Waals surface area contributed by atoms with Gasteiger partial charge in [-0.1, -0.05) is 35.0 Å². The van der Waals surface area contributed by atoms with Gasteiger partial charge in [0.1, 0.15) is 16.5 Å². The van der Waals surface area contributed by atoms with Gasteiger partial charge in [-0.2, -0.15) is 0 Å². The zero-order valence-corrected chi connectivity index (χ0v) is 15.8. The van der Waals surface area contributed by atoms with Gasteiger partial charge < -0.3 is 4.74 Å². The average molecular weight is 383 g/mol. The second-order valence-corrected chi connectivity index (χ2v) is 6.98. The van der Waals surface area contributed by atoms with Crippen LogP contribution in [0.4, 0.5) is 0 Å². The van der Waals surface area contributed by atoms with Crippen LogP contribution in [0.5, 0.6) is 5.75 Å². The van der Waals surface area contributed by atoms with E-state index in [0.29, 0.717) is 5.02 Å². The van der Waals surface area contributed by atoms with Gasteiger partial charge in [0.15, 0.2) is 0 Å². The van der Waals surface area contributed by atoms with Crippen molar-refractivity contribution in [3.05, 3.63) is 64.6 Å². The molecule has 2 aromatic heterocycles. The van der Waals surface area contributed by atoms with Crippen molar-refractivity contribution in [2.75, 3.05) is 7.11 Å². The number of thiazole rings is 1. The van der Waals surface area contributed by atoms with E-state index in [2.05, 4.69) is 10.3 Å². The lowest BCUT2D eigenvalue weighted by molar-refractivity contribution is 0.414. The van der Waals surface area contributed by atoms with Gasteiger partial charge in [-0.25, -0.2) is 9.67 Å². The Morgan fingerprint density at radius 1 is 1.12 bits per heavy atom. The van der Waals surface area contributed by atoms with Crippen LogP contribution in [0.25, 0.3) is 27.6 Å². The molecule has 0 fully saturated rings. The molecular weight excluding hydrogens is 368 g/mol. The fraction of sp³-hybridized carbons (Fsp3) is 0.105. The first-order valence-electron chi connectivity index (χ1n) is 7.94. The minimum atomic E-state index is 0.692. The lowest BCUT2D eigenvalue weighted by atomic mass is 10.2. The fourth-order valence-electron chi connectivity index (χ4n) is 2.68. The van der Waals surface area contributed by atoms with E-state index in [-0.39, 0.29) is 0 Å². The number of ether oxygens (including phenoxy) is 1. The predicted molar refractivity (Wildman–Crippen MR) is 104 cm³/mol. The van der Waals surface area contributed by atoms with Crippen molar-refractivity contribution in [1.29, 1.82) is 0 Å². The Labute approximate surface area is 159 Å². The number of halogens is 1. The Hall–Kier alpha value is -2.70. The second-order valence-electron chi connectivity index (χ2n) is 5.68. The molecule has 0 unspecified atom stereocenters. The Morgan fingerprint density at radius 2 is 1.96 bits per heavy atom. The van der Waals surface area contributed by atoms with Crippen molar-refractivity contribution in [2.45, 2.75) is 6.92 Å². The Bertz CT molecular complexity index is 1070. The lowest BCUT2D eigenvalue weighted by Gasteiger charge is -2.05. The van der Waals surface area contributed by atoms with E-state index in [1.54, 1.807) is 11.8 Å². The zero-order valence-electron chi connectivity index (χ0n) is 14.2. The molecule has 2 aromatic carbocycles. The highest BCUT2D eigenvalue weighted by atomic mass is 35.5. The van der Waals surface area contributed by atoms with Gasteiger partial charge in [0, 0.05) is 22.0 Å². The summed E-state index contributed by atoms with van der Waals surface area (Å²) in [6.45, 7) is 1.98. The molecule has 0 spiro atoms. The van der Waals surface area contributed by atoms with Gasteiger partial charge in [-0.05, 0) is 31.2 Å². The normalized spacial score (nSPS) is 10.9. The smallest absolute Gasteiger partial charge is 0.146 e. The van der Waals surface area contributed by atoms with Gasteiger partial charge in [-0.15, -0.1) is 16.4 Å². The maximum absolute atomic E-state index is 6.08. The monoisotopic (exact) mass is 382 g/mol. The van der Waals surface area contributed by atoms with Crippen LogP contribution in [0.2, 0.25) is 5.02 Å². The van der Waals surface area contributed by atoms with Crippen LogP contribution in [0.1, 0.15) is 5.69 Å². The first-order valence-corrected chi connectivity index (χ1v) is 9.20. The van der Waals surface area contributed by atoms with Crippen molar-refractivity contribution >= 4 is 22.9 Å². The number of benzene rings is 2. The van der Waals surface area contributed by atoms with Crippen LogP contribution in [-0.4, -0.2) is 27.1 Å². The maximum atomic E-state index is 6.08. The summed E-state index contributed by atoms with van der Waals surface area (Å²) < 4.78 is 7.08. The van der Waals surface area contributed by atoms with E-state index in [0.717, 1.165) is 39.1 Å². The number of methoxy groups -OCH3 is 1. The summed E-state index contributed by atoms with van der Waals surface area (Å²) in [4.78, 5) is 4.71. The van der Waals surface area contributed by atoms with E-state index in [1.807, 2.05) is 60.8 Å². The Morgan fingerprint density at radius 3 is 2.77 bits per heavy atom. The van der Waals surface area contributed by atoms with E-state index < -0.39 is 0 Å². The topological polar surface area (TPSA) is 52.8 Å². The number of nitrogens with zero attached hydrogens (tertiary/aromatic N) is 4. The SMILES string of the molecule is COc1cccc(-n2nnc(-c3nc(-c4cccc(Cl)c4)cs3)c2C)c1. The number of hydrogen-bond donors (Lipinski definition) is 0. The number of hydrogen-bond acceptors (Lipinski definition) is 5. The van der Waals surface area contributed by atoms with E-state index in [4.69, 9.17) is 21.3 Å². The minimum Gasteiger partial charge on any atom is -0.497 e. The molecule has 26 heavy (non-hydrogen) atoms. The summed E-state index contributed by atoms with van der Waals surface area (Å²) in [6.07, 6.45) is 0. The molecule has 0 aliphatic rings. The van der Waals surface area contributed by atoms with Gasteiger partial charge in [0.2, 0.25) is 0 Å². The highest BCUT2D eigenvalue weighted by Gasteiger charge is 2.16. The summed E-state index contributed by atoms with van der Waals surface area (Å²) in [7, 11) is 1.64. The number of aromatic nitrogens is 4. The van der Waals surface area contributed by atoms with Gasteiger partial charge >= 0.3 is 0 Å². The molecule has 130 valence electrons. The highest BCUT2D eigenvalue weighted by molar-refractivity contribution is 7.13. The maximum Gasteiger partial charge on any atom is 0.146 e. The van der Waals surface area contributed by atoms with Crippen molar-refractivity contribution in [3.8, 4) is 33.4 Å². The Kier molecular flexibility index (Phi) is 4.44. The molecule has 0 aliphatic heterocycles. The largest absolute Gasteiger partial charge is 0.497 e. The molecular formula is C19H15ClN4OS. The van der Waals surface area contributed by atoms with Crippen LogP contribution in [0.15, 0.2) is 53.9 Å². The molecule has 0 bridgehead atoms. The quantitative estimate of drug-likeness (QED) is 0.496. The lowest BCUT2D eigenvalue weighted by Crippen LogP contribution is -1.99. The molecule has 0 atom stereocenters. The van der Waals surface area contributed by atoms with Gasteiger partial charge in [-0.3, -0.25) is 0 Å². The second kappa shape index (κ2) is 6.90. The third-order valence-electron chi connectivity index (χ3n) is 4.02. The first kappa shape index (κ1) is 16.8. The first-order chi connectivity index (χ1) is 12.7. The minimum absolute atomic E-state index is 0.692. The van der Waals surface area contributed by atoms with Crippen LogP contribution in [0, 0.1) is 6.92 Å². The molecule has 0 saturated carbocycles. The summed E-state index contributed by atoms with van der Waals surface area (Å²) >= 11 is 7.62. The van der Waals surface area contributed by atoms with Crippen molar-refractivity contribution < 1.29 is 4.74 Å².